The van der Waals surface area contributed by atoms with Crippen LogP contribution in [-0.2, 0) is 4.79 Å². The van der Waals surface area contributed by atoms with Crippen LogP contribution in [0.2, 0.25) is 0 Å². The largest absolute Gasteiger partial charge is 0.467 e. The average molecular weight is 420 g/mol. The monoisotopic (exact) mass is 420 g/mol. The molecule has 0 atom stereocenters. The molecule has 4 aromatic rings. The van der Waals surface area contributed by atoms with E-state index < -0.39 is 10.8 Å². The van der Waals surface area contributed by atoms with Crippen LogP contribution in [0.15, 0.2) is 60.2 Å². The van der Waals surface area contributed by atoms with Crippen LogP contribution < -0.4 is 10.1 Å². The first-order chi connectivity index (χ1) is 14.5. The number of ether oxygens (including phenoxy) is 1. The lowest BCUT2D eigenvalue weighted by Crippen LogP contribution is -2.20. The third-order valence-electron chi connectivity index (χ3n) is 4.40. The van der Waals surface area contributed by atoms with E-state index in [1.54, 1.807) is 0 Å². The molecule has 0 bridgehead atoms. The fourth-order valence-corrected chi connectivity index (χ4v) is 3.81. The number of non-ortho nitro benzene ring substituents is 1. The molecule has 2 aromatic heterocycles. The van der Waals surface area contributed by atoms with Crippen LogP contribution in [0.3, 0.4) is 0 Å². The molecule has 30 heavy (non-hydrogen) atoms. The highest BCUT2D eigenvalue weighted by atomic mass is 32.1. The van der Waals surface area contributed by atoms with Crippen LogP contribution in [0.25, 0.3) is 21.3 Å². The molecule has 2 heterocycles. The maximum atomic E-state index is 12.3. The Hall–Kier alpha value is -3.85. The molecule has 0 unspecified atom stereocenters. The maximum Gasteiger partial charge on any atom is 0.269 e. The summed E-state index contributed by atoms with van der Waals surface area (Å²) in [4.78, 5) is 31.8. The molecule has 8 nitrogen and oxygen atoms in total. The number of thiophene rings is 1. The molecule has 0 aliphatic heterocycles. The summed E-state index contributed by atoms with van der Waals surface area (Å²) in [6, 6.07) is 13.7. The van der Waals surface area contributed by atoms with E-state index in [9.17, 15) is 14.9 Å². The van der Waals surface area contributed by atoms with E-state index >= 15 is 0 Å². The van der Waals surface area contributed by atoms with Gasteiger partial charge in [-0.1, -0.05) is 29.8 Å². The zero-order valence-electron chi connectivity index (χ0n) is 15.9. The molecule has 0 spiro atoms. The summed E-state index contributed by atoms with van der Waals surface area (Å²) in [5.74, 6) is -0.0709. The van der Waals surface area contributed by atoms with E-state index in [0.29, 0.717) is 11.6 Å². The number of aryl methyl sites for hydroxylation is 1. The average Bonchev–Trinajstić information content (AvgIpc) is 3.18. The van der Waals surface area contributed by atoms with E-state index in [4.69, 9.17) is 4.74 Å². The summed E-state index contributed by atoms with van der Waals surface area (Å²) in [5.41, 5.74) is 3.52. The Kier molecular flexibility index (Phi) is 5.36. The second kappa shape index (κ2) is 8.26. The minimum absolute atomic E-state index is 0.0475. The van der Waals surface area contributed by atoms with Crippen LogP contribution in [0.1, 0.15) is 5.56 Å². The molecule has 1 amide bonds. The van der Waals surface area contributed by atoms with E-state index in [2.05, 4.69) is 15.3 Å². The number of hydrogen-bond donors (Lipinski definition) is 1. The fraction of sp³-hybridized carbons (Fsp3) is 0.0952. The fourth-order valence-electron chi connectivity index (χ4n) is 2.90. The molecule has 9 heteroatoms. The van der Waals surface area contributed by atoms with Crippen molar-refractivity contribution >= 4 is 38.8 Å². The van der Waals surface area contributed by atoms with Gasteiger partial charge in [-0.25, -0.2) is 9.97 Å². The molecule has 1 N–H and O–H groups in total. The van der Waals surface area contributed by atoms with Crippen molar-refractivity contribution < 1.29 is 14.5 Å². The van der Waals surface area contributed by atoms with Gasteiger partial charge in [-0.05, 0) is 24.6 Å². The Morgan fingerprint density at radius 3 is 2.57 bits per heavy atom. The molecule has 0 saturated carbocycles. The van der Waals surface area contributed by atoms with E-state index in [1.165, 1.54) is 41.9 Å². The second-order valence-corrected chi connectivity index (χ2v) is 7.37. The predicted octanol–water partition coefficient (Wildman–Crippen LogP) is 4.59. The van der Waals surface area contributed by atoms with E-state index in [0.717, 1.165) is 26.9 Å². The minimum atomic E-state index is -0.498. The zero-order valence-corrected chi connectivity index (χ0v) is 16.7. The number of nitro benzene ring substituents is 1. The highest BCUT2D eigenvalue weighted by Gasteiger charge is 2.15. The van der Waals surface area contributed by atoms with Gasteiger partial charge in [0.05, 0.1) is 10.3 Å². The molecular weight excluding hydrogens is 404 g/mol. The van der Waals surface area contributed by atoms with Crippen LogP contribution in [0.4, 0.5) is 11.4 Å². The number of carbonyl (C=O) groups excluding carboxylic acids is 1. The van der Waals surface area contributed by atoms with Crippen molar-refractivity contribution in [3.05, 3.63) is 75.9 Å². The van der Waals surface area contributed by atoms with E-state index in [1.807, 2.05) is 36.6 Å². The molecule has 0 aliphatic carbocycles. The van der Waals surface area contributed by atoms with Crippen molar-refractivity contribution in [1.29, 1.82) is 0 Å². The molecule has 150 valence electrons. The van der Waals surface area contributed by atoms with Gasteiger partial charge in [0.15, 0.2) is 6.61 Å². The van der Waals surface area contributed by atoms with Crippen LogP contribution >= 0.6 is 11.3 Å². The van der Waals surface area contributed by atoms with Crippen molar-refractivity contribution in [2.24, 2.45) is 0 Å². The highest BCUT2D eigenvalue weighted by Crippen LogP contribution is 2.37. The first-order valence-electron chi connectivity index (χ1n) is 8.97. The lowest BCUT2D eigenvalue weighted by Gasteiger charge is -2.09. The zero-order chi connectivity index (χ0) is 21.1. The van der Waals surface area contributed by atoms with Gasteiger partial charge < -0.3 is 10.1 Å². The van der Waals surface area contributed by atoms with E-state index in [-0.39, 0.29) is 12.3 Å². The van der Waals surface area contributed by atoms with Gasteiger partial charge in [0.25, 0.3) is 11.6 Å². The number of nitrogens with one attached hydrogen (secondary N) is 1. The summed E-state index contributed by atoms with van der Waals surface area (Å²) in [6.45, 7) is 1.77. The summed E-state index contributed by atoms with van der Waals surface area (Å²) < 4.78 is 5.69. The van der Waals surface area contributed by atoms with Crippen LogP contribution in [0, 0.1) is 17.0 Å². The summed E-state index contributed by atoms with van der Waals surface area (Å²) in [6.07, 6.45) is 1.40. The summed E-state index contributed by atoms with van der Waals surface area (Å²) in [5, 5.41) is 16.1. The van der Waals surface area contributed by atoms with Crippen LogP contribution in [-0.4, -0.2) is 27.4 Å². The molecule has 4 rings (SSSR count). The normalized spacial score (nSPS) is 10.7. The number of fused-ring (bicyclic) bond motifs is 1. The number of carbonyl (C=O) groups is 1. The van der Waals surface area contributed by atoms with Crippen molar-refractivity contribution in [2.75, 3.05) is 11.9 Å². The number of hydrogen-bond acceptors (Lipinski definition) is 7. The highest BCUT2D eigenvalue weighted by molar-refractivity contribution is 7.17. The Balaban J connectivity index is 1.51. The van der Waals surface area contributed by atoms with Gasteiger partial charge in [-0.2, -0.15) is 0 Å². The van der Waals surface area contributed by atoms with Gasteiger partial charge >= 0.3 is 0 Å². The Morgan fingerprint density at radius 2 is 1.87 bits per heavy atom. The standard InChI is InChI=1S/C21H16N4O4S/c1-13-2-4-14(5-3-13)17-11-30-21-19(17)20(22-12-23-21)29-10-18(26)24-15-6-8-16(9-7-15)25(27)28/h2-9,11-12H,10H2,1H3,(H,24,26). The molecular formula is C21H16N4O4S. The lowest BCUT2D eigenvalue weighted by molar-refractivity contribution is -0.384. The number of aromatic nitrogens is 2. The van der Waals surface area contributed by atoms with Crippen LogP contribution in [0.5, 0.6) is 5.88 Å². The Bertz CT molecular complexity index is 1220. The Labute approximate surface area is 175 Å². The number of rotatable bonds is 6. The smallest absolute Gasteiger partial charge is 0.269 e. The Morgan fingerprint density at radius 1 is 1.13 bits per heavy atom. The minimum Gasteiger partial charge on any atom is -0.467 e. The number of nitro groups is 1. The van der Waals surface area contributed by atoms with Crippen molar-refractivity contribution in [1.82, 2.24) is 9.97 Å². The summed E-state index contributed by atoms with van der Waals surface area (Å²) in [7, 11) is 0. The lowest BCUT2D eigenvalue weighted by atomic mass is 10.0. The van der Waals surface area contributed by atoms with Gasteiger partial charge in [0, 0.05) is 28.8 Å². The summed E-state index contributed by atoms with van der Waals surface area (Å²) >= 11 is 1.48. The predicted molar refractivity (Wildman–Crippen MR) is 115 cm³/mol. The molecule has 0 saturated heterocycles. The van der Waals surface area contributed by atoms with Gasteiger partial charge in [-0.3, -0.25) is 14.9 Å². The first-order valence-corrected chi connectivity index (χ1v) is 9.85. The molecule has 0 fully saturated rings. The maximum absolute atomic E-state index is 12.3. The molecule has 0 radical (unpaired) electrons. The quantitative estimate of drug-likeness (QED) is 0.361. The topological polar surface area (TPSA) is 107 Å². The van der Waals surface area contributed by atoms with Gasteiger partial charge in [0.2, 0.25) is 5.88 Å². The van der Waals surface area contributed by atoms with Gasteiger partial charge in [0.1, 0.15) is 11.2 Å². The second-order valence-electron chi connectivity index (χ2n) is 6.52. The number of anilines is 1. The third-order valence-corrected chi connectivity index (χ3v) is 5.29. The SMILES string of the molecule is Cc1ccc(-c2csc3ncnc(OCC(=O)Nc4ccc([N+](=O)[O-])cc4)c23)cc1. The number of amides is 1. The van der Waals surface area contributed by atoms with Crippen molar-refractivity contribution in [3.8, 4) is 17.0 Å². The molecule has 2 aromatic carbocycles. The number of benzene rings is 2. The molecule has 0 aliphatic rings. The van der Waals surface area contributed by atoms with Crippen molar-refractivity contribution in [2.45, 2.75) is 6.92 Å². The van der Waals surface area contributed by atoms with Gasteiger partial charge in [-0.15, -0.1) is 11.3 Å². The first kappa shape index (κ1) is 19.5. The number of nitrogens with zero attached hydrogens (tertiary/aromatic N) is 3. The van der Waals surface area contributed by atoms with Crippen molar-refractivity contribution in [3.63, 3.8) is 0 Å². The third kappa shape index (κ3) is 4.11.